The third kappa shape index (κ3) is 3.91. The van der Waals surface area contributed by atoms with Crippen LogP contribution in [0.5, 0.6) is 0 Å². The molecule has 3 nitrogen and oxygen atoms in total. The Morgan fingerprint density at radius 1 is 1.26 bits per heavy atom. The van der Waals surface area contributed by atoms with E-state index in [0.717, 1.165) is 42.3 Å². The second-order valence-corrected chi connectivity index (χ2v) is 6.78. The summed E-state index contributed by atoms with van der Waals surface area (Å²) in [6.07, 6.45) is 10.1. The predicted molar refractivity (Wildman–Crippen MR) is 94.3 cm³/mol. The lowest BCUT2D eigenvalue weighted by Crippen LogP contribution is -2.34. The molecule has 1 aromatic carbocycles. The summed E-state index contributed by atoms with van der Waals surface area (Å²) in [5, 5.41) is 6.51. The average Bonchev–Trinajstić information content (AvgIpc) is 2.59. The van der Waals surface area contributed by atoms with Crippen LogP contribution >= 0.6 is 0 Å². The van der Waals surface area contributed by atoms with Gasteiger partial charge in [0, 0.05) is 11.3 Å². The van der Waals surface area contributed by atoms with E-state index < -0.39 is 0 Å². The molecule has 1 fully saturated rings. The van der Waals surface area contributed by atoms with Crippen molar-refractivity contribution in [3.63, 3.8) is 0 Å². The molecule has 1 heterocycles. The lowest BCUT2D eigenvalue weighted by Gasteiger charge is -2.30. The highest BCUT2D eigenvalue weighted by Crippen LogP contribution is 2.27. The molecule has 0 saturated carbocycles. The first-order valence-corrected chi connectivity index (χ1v) is 8.61. The maximum absolute atomic E-state index is 12.4. The van der Waals surface area contributed by atoms with Crippen LogP contribution in [0.1, 0.15) is 40.7 Å². The minimum atomic E-state index is -0.0261. The van der Waals surface area contributed by atoms with Gasteiger partial charge in [0.15, 0.2) is 0 Å². The molecule has 3 rings (SSSR count). The van der Waals surface area contributed by atoms with E-state index in [9.17, 15) is 4.79 Å². The van der Waals surface area contributed by atoms with Gasteiger partial charge in [0.05, 0.1) is 0 Å². The van der Waals surface area contributed by atoms with Crippen molar-refractivity contribution in [3.05, 3.63) is 58.8 Å². The maximum Gasteiger partial charge on any atom is 0.255 e. The molecule has 0 radical (unpaired) electrons. The van der Waals surface area contributed by atoms with Crippen molar-refractivity contribution in [1.82, 2.24) is 10.6 Å². The van der Waals surface area contributed by atoms with Crippen molar-refractivity contribution >= 4 is 5.91 Å². The Bertz CT molecular complexity index is 639. The van der Waals surface area contributed by atoms with Gasteiger partial charge in [-0.2, -0.15) is 0 Å². The van der Waals surface area contributed by atoms with Gasteiger partial charge >= 0.3 is 0 Å². The molecule has 1 unspecified atom stereocenters. The van der Waals surface area contributed by atoms with Gasteiger partial charge in [0.25, 0.3) is 5.91 Å². The van der Waals surface area contributed by atoms with E-state index in [-0.39, 0.29) is 5.91 Å². The Morgan fingerprint density at radius 3 is 2.78 bits per heavy atom. The molecule has 1 aromatic rings. The summed E-state index contributed by atoms with van der Waals surface area (Å²) in [5.74, 6) is 1.31. The van der Waals surface area contributed by atoms with Gasteiger partial charge in [-0.25, -0.2) is 0 Å². The van der Waals surface area contributed by atoms with Crippen molar-refractivity contribution in [1.29, 1.82) is 0 Å². The highest BCUT2D eigenvalue weighted by atomic mass is 16.1. The lowest BCUT2D eigenvalue weighted by molar-refractivity contribution is 0.0966. The van der Waals surface area contributed by atoms with Crippen LogP contribution in [0.4, 0.5) is 0 Å². The number of carbonyl (C=O) groups excluding carboxylic acids is 1. The van der Waals surface area contributed by atoms with Crippen LogP contribution in [0.15, 0.2) is 42.1 Å². The molecular weight excluding hydrogens is 284 g/mol. The zero-order chi connectivity index (χ0) is 16.2. The van der Waals surface area contributed by atoms with Crippen molar-refractivity contribution < 1.29 is 4.79 Å². The number of benzene rings is 1. The van der Waals surface area contributed by atoms with E-state index in [1.807, 2.05) is 25.1 Å². The molecule has 0 bridgehead atoms. The number of aryl methyl sites for hydroxylation is 2. The topological polar surface area (TPSA) is 41.1 Å². The monoisotopic (exact) mass is 310 g/mol. The highest BCUT2D eigenvalue weighted by Gasteiger charge is 2.22. The fourth-order valence-corrected chi connectivity index (χ4v) is 3.41. The second-order valence-electron chi connectivity index (χ2n) is 6.78. The fraction of sp³-hybridized carbons (Fsp3) is 0.450. The van der Waals surface area contributed by atoms with E-state index in [0.29, 0.717) is 5.92 Å². The summed E-state index contributed by atoms with van der Waals surface area (Å²) in [4.78, 5) is 12.4. The lowest BCUT2D eigenvalue weighted by atomic mass is 9.82. The van der Waals surface area contributed by atoms with Gasteiger partial charge < -0.3 is 10.6 Å². The van der Waals surface area contributed by atoms with E-state index in [1.165, 1.54) is 18.4 Å². The number of rotatable bonds is 3. The van der Waals surface area contributed by atoms with Crippen LogP contribution in [0.3, 0.4) is 0 Å². The Labute approximate surface area is 138 Å². The third-order valence-electron chi connectivity index (χ3n) is 5.10. The summed E-state index contributed by atoms with van der Waals surface area (Å²) >= 11 is 0. The van der Waals surface area contributed by atoms with Crippen LogP contribution < -0.4 is 10.6 Å². The highest BCUT2D eigenvalue weighted by molar-refractivity contribution is 5.95. The Morgan fingerprint density at radius 2 is 2.13 bits per heavy atom. The first-order valence-electron chi connectivity index (χ1n) is 8.61. The zero-order valence-electron chi connectivity index (χ0n) is 14.1. The number of allylic oxidation sites excluding steroid dienone is 3. The van der Waals surface area contributed by atoms with Gasteiger partial charge in [-0.15, -0.1) is 0 Å². The van der Waals surface area contributed by atoms with E-state index >= 15 is 0 Å². The molecular formula is C20H26N2O. The smallest absolute Gasteiger partial charge is 0.255 e. The molecule has 2 atom stereocenters. The quantitative estimate of drug-likeness (QED) is 0.897. The molecule has 2 N–H and O–H groups in total. The van der Waals surface area contributed by atoms with Gasteiger partial charge in [-0.05, 0) is 87.4 Å². The summed E-state index contributed by atoms with van der Waals surface area (Å²) in [6.45, 7) is 6.37. The largest absolute Gasteiger partial charge is 0.322 e. The fourth-order valence-electron chi connectivity index (χ4n) is 3.41. The minimum absolute atomic E-state index is 0.0261. The summed E-state index contributed by atoms with van der Waals surface area (Å²) in [7, 11) is 0. The van der Waals surface area contributed by atoms with Gasteiger partial charge in [-0.3, -0.25) is 4.79 Å². The number of amides is 1. The molecule has 3 heteroatoms. The van der Waals surface area contributed by atoms with Gasteiger partial charge in [-0.1, -0.05) is 18.2 Å². The summed E-state index contributed by atoms with van der Waals surface area (Å²) < 4.78 is 0. The van der Waals surface area contributed by atoms with Gasteiger partial charge in [0.2, 0.25) is 0 Å². The molecule has 0 spiro atoms. The summed E-state index contributed by atoms with van der Waals surface area (Å²) in [5.41, 5.74) is 4.01. The molecule has 23 heavy (non-hydrogen) atoms. The predicted octanol–water partition coefficient (Wildman–Crippen LogP) is 3.49. The van der Waals surface area contributed by atoms with E-state index in [4.69, 9.17) is 0 Å². The Balaban J connectivity index is 1.58. The number of carbonyl (C=O) groups is 1. The average molecular weight is 310 g/mol. The van der Waals surface area contributed by atoms with Crippen molar-refractivity contribution in [2.45, 2.75) is 33.1 Å². The van der Waals surface area contributed by atoms with Crippen LogP contribution in [0.2, 0.25) is 0 Å². The SMILES string of the molecule is Cc1ccc(C(=O)NC2=CCC([C@@H]3CCCNC3)C=C2)cc1C. The third-order valence-corrected chi connectivity index (χ3v) is 5.10. The van der Waals surface area contributed by atoms with E-state index in [1.54, 1.807) is 0 Å². The number of hydrogen-bond acceptors (Lipinski definition) is 2. The normalized spacial score (nSPS) is 24.2. The van der Waals surface area contributed by atoms with Crippen molar-refractivity contribution in [2.24, 2.45) is 11.8 Å². The van der Waals surface area contributed by atoms with Crippen LogP contribution in [-0.4, -0.2) is 19.0 Å². The summed E-state index contributed by atoms with van der Waals surface area (Å²) in [6, 6.07) is 5.84. The van der Waals surface area contributed by atoms with Crippen LogP contribution in [-0.2, 0) is 0 Å². The first kappa shape index (κ1) is 16.0. The number of hydrogen-bond donors (Lipinski definition) is 2. The molecule has 1 aliphatic heterocycles. The maximum atomic E-state index is 12.4. The van der Waals surface area contributed by atoms with Crippen LogP contribution in [0.25, 0.3) is 0 Å². The molecule has 1 saturated heterocycles. The van der Waals surface area contributed by atoms with Crippen molar-refractivity contribution in [3.8, 4) is 0 Å². The second kappa shape index (κ2) is 7.14. The van der Waals surface area contributed by atoms with E-state index in [2.05, 4.69) is 35.8 Å². The molecule has 1 amide bonds. The zero-order valence-corrected chi connectivity index (χ0v) is 14.1. The molecule has 0 aromatic heterocycles. The molecule has 122 valence electrons. The molecule has 1 aliphatic carbocycles. The molecule has 2 aliphatic rings. The van der Waals surface area contributed by atoms with Crippen molar-refractivity contribution in [2.75, 3.05) is 13.1 Å². The van der Waals surface area contributed by atoms with Gasteiger partial charge in [0.1, 0.15) is 0 Å². The Hall–Kier alpha value is -1.87. The van der Waals surface area contributed by atoms with Crippen LogP contribution in [0, 0.1) is 25.7 Å². The number of nitrogens with one attached hydrogen (secondary N) is 2. The number of piperidine rings is 1. The standard InChI is InChI=1S/C20H26N2O/c1-14-5-6-17(12-15(14)2)20(23)22-19-9-7-16(8-10-19)18-4-3-11-21-13-18/h5-7,9-10,12,16,18,21H,3-4,8,11,13H2,1-2H3,(H,22,23)/t16?,18-/m1/s1. The Kier molecular flexibility index (Phi) is 4.97. The first-order chi connectivity index (χ1) is 11.1. The minimum Gasteiger partial charge on any atom is -0.322 e.